The van der Waals surface area contributed by atoms with Crippen molar-refractivity contribution in [2.75, 3.05) is 20.8 Å². The third kappa shape index (κ3) is 2.17. The molecular formula is C7H16N2O2. The zero-order valence-electron chi connectivity index (χ0n) is 7.31. The highest BCUT2D eigenvalue weighted by atomic mass is 16.5. The summed E-state index contributed by atoms with van der Waals surface area (Å²) in [4.78, 5) is 11.0. The summed E-state index contributed by atoms with van der Waals surface area (Å²) in [7, 11) is 3.25. The van der Waals surface area contributed by atoms with Gasteiger partial charge in [0, 0.05) is 7.11 Å². The molecule has 0 spiro atoms. The fraction of sp³-hybridized carbons (Fsp3) is 0.857. The summed E-state index contributed by atoms with van der Waals surface area (Å²) in [6.07, 6.45) is 0.632. The molecule has 0 saturated heterocycles. The van der Waals surface area contributed by atoms with Crippen molar-refractivity contribution in [2.24, 2.45) is 5.73 Å². The first-order chi connectivity index (χ1) is 5.13. The number of nitrogens with two attached hydrogens (primary N) is 1. The van der Waals surface area contributed by atoms with Gasteiger partial charge in [-0.25, -0.2) is 0 Å². The topological polar surface area (TPSA) is 64.3 Å². The van der Waals surface area contributed by atoms with Crippen LogP contribution in [0.2, 0.25) is 0 Å². The molecule has 0 aliphatic heterocycles. The highest BCUT2D eigenvalue weighted by Gasteiger charge is 2.32. The zero-order chi connectivity index (χ0) is 8.91. The molecule has 0 fully saturated rings. The minimum Gasteiger partial charge on any atom is -0.382 e. The van der Waals surface area contributed by atoms with Gasteiger partial charge in [-0.15, -0.1) is 0 Å². The number of ether oxygens (including phenoxy) is 1. The Balaban J connectivity index is 4.32. The number of rotatable bonds is 5. The first-order valence-corrected chi connectivity index (χ1v) is 3.60. The Hall–Kier alpha value is -0.610. The second-order valence-corrected chi connectivity index (χ2v) is 2.48. The monoisotopic (exact) mass is 160 g/mol. The average Bonchev–Trinajstić information content (AvgIpc) is 2.00. The summed E-state index contributed by atoms with van der Waals surface area (Å²) in [5.74, 6) is -0.371. The Morgan fingerprint density at radius 1 is 1.73 bits per heavy atom. The van der Waals surface area contributed by atoms with Gasteiger partial charge >= 0.3 is 0 Å². The first-order valence-electron chi connectivity index (χ1n) is 3.60. The van der Waals surface area contributed by atoms with Crippen molar-refractivity contribution in [3.63, 3.8) is 0 Å². The van der Waals surface area contributed by atoms with Crippen LogP contribution >= 0.6 is 0 Å². The van der Waals surface area contributed by atoms with Gasteiger partial charge < -0.3 is 15.8 Å². The number of nitrogens with one attached hydrogen (secondary N) is 1. The Kier molecular flexibility index (Phi) is 4.07. The van der Waals surface area contributed by atoms with E-state index >= 15 is 0 Å². The maximum atomic E-state index is 11.0. The van der Waals surface area contributed by atoms with Crippen LogP contribution < -0.4 is 11.1 Å². The number of methoxy groups -OCH3 is 1. The highest BCUT2D eigenvalue weighted by Crippen LogP contribution is 2.08. The van der Waals surface area contributed by atoms with Crippen LogP contribution in [0.25, 0.3) is 0 Å². The van der Waals surface area contributed by atoms with Crippen molar-refractivity contribution < 1.29 is 9.53 Å². The van der Waals surface area contributed by atoms with E-state index in [0.717, 1.165) is 0 Å². The van der Waals surface area contributed by atoms with E-state index in [1.807, 2.05) is 6.92 Å². The smallest absolute Gasteiger partial charge is 0.240 e. The molecule has 0 bridgehead atoms. The van der Waals surface area contributed by atoms with Crippen molar-refractivity contribution in [3.05, 3.63) is 0 Å². The molecule has 11 heavy (non-hydrogen) atoms. The van der Waals surface area contributed by atoms with E-state index < -0.39 is 5.54 Å². The van der Waals surface area contributed by atoms with Crippen LogP contribution in [-0.4, -0.2) is 32.2 Å². The molecule has 0 aromatic carbocycles. The maximum absolute atomic E-state index is 11.0. The lowest BCUT2D eigenvalue weighted by molar-refractivity contribution is -0.126. The molecule has 0 aromatic rings. The molecule has 0 aliphatic carbocycles. The standard InChI is InChI=1S/C7H16N2O2/c1-4-7(9-2,5-11-3)6(8)10/h9H,4-5H2,1-3H3,(H2,8,10). The zero-order valence-corrected chi connectivity index (χ0v) is 7.31. The van der Waals surface area contributed by atoms with Crippen LogP contribution in [0, 0.1) is 0 Å². The Bertz CT molecular complexity index is 132. The van der Waals surface area contributed by atoms with Crippen LogP contribution in [0.3, 0.4) is 0 Å². The average molecular weight is 160 g/mol. The number of hydrogen-bond acceptors (Lipinski definition) is 3. The molecule has 0 aromatic heterocycles. The SMILES string of the molecule is CCC(COC)(NC)C(N)=O. The normalized spacial score (nSPS) is 15.9. The van der Waals surface area contributed by atoms with Gasteiger partial charge in [0.2, 0.25) is 5.91 Å². The largest absolute Gasteiger partial charge is 0.382 e. The molecule has 0 aliphatic rings. The van der Waals surface area contributed by atoms with Crippen LogP contribution in [0.5, 0.6) is 0 Å². The molecule has 0 heterocycles. The molecule has 1 amide bonds. The van der Waals surface area contributed by atoms with Gasteiger partial charge in [-0.3, -0.25) is 4.79 Å². The summed E-state index contributed by atoms with van der Waals surface area (Å²) < 4.78 is 4.89. The predicted octanol–water partition coefficient (Wildman–Crippen LogP) is -0.514. The molecular weight excluding hydrogens is 144 g/mol. The molecule has 0 rings (SSSR count). The summed E-state index contributed by atoms with van der Waals surface area (Å²) in [5, 5.41) is 2.87. The third-order valence-corrected chi connectivity index (χ3v) is 1.94. The van der Waals surface area contributed by atoms with Crippen molar-refractivity contribution in [3.8, 4) is 0 Å². The Morgan fingerprint density at radius 3 is 2.36 bits per heavy atom. The highest BCUT2D eigenvalue weighted by molar-refractivity contribution is 5.84. The van der Waals surface area contributed by atoms with Crippen molar-refractivity contribution in [1.82, 2.24) is 5.32 Å². The predicted molar refractivity (Wildman–Crippen MR) is 43.2 cm³/mol. The Labute approximate surface area is 67.1 Å². The van der Waals surface area contributed by atoms with Crippen molar-refractivity contribution in [1.29, 1.82) is 0 Å². The number of amides is 1. The fourth-order valence-corrected chi connectivity index (χ4v) is 0.966. The van der Waals surface area contributed by atoms with Crippen LogP contribution in [0.1, 0.15) is 13.3 Å². The molecule has 0 radical (unpaired) electrons. The van der Waals surface area contributed by atoms with Gasteiger partial charge in [-0.05, 0) is 13.5 Å². The molecule has 1 unspecified atom stereocenters. The van der Waals surface area contributed by atoms with E-state index in [0.29, 0.717) is 13.0 Å². The second-order valence-electron chi connectivity index (χ2n) is 2.48. The second kappa shape index (κ2) is 4.31. The van der Waals surface area contributed by atoms with Gasteiger partial charge in [0.25, 0.3) is 0 Å². The fourth-order valence-electron chi connectivity index (χ4n) is 0.966. The minimum absolute atomic E-state index is 0.315. The van der Waals surface area contributed by atoms with E-state index in [2.05, 4.69) is 5.32 Å². The molecule has 3 N–H and O–H groups in total. The van der Waals surface area contributed by atoms with E-state index in [4.69, 9.17) is 10.5 Å². The molecule has 4 nitrogen and oxygen atoms in total. The minimum atomic E-state index is -0.700. The van der Waals surface area contributed by atoms with Crippen LogP contribution in [-0.2, 0) is 9.53 Å². The summed E-state index contributed by atoms with van der Waals surface area (Å²) in [6.45, 7) is 2.20. The summed E-state index contributed by atoms with van der Waals surface area (Å²) >= 11 is 0. The molecule has 66 valence electrons. The maximum Gasteiger partial charge on any atom is 0.240 e. The molecule has 4 heteroatoms. The van der Waals surface area contributed by atoms with E-state index in [1.165, 1.54) is 0 Å². The summed E-state index contributed by atoms with van der Waals surface area (Å²) in [5.41, 5.74) is 4.50. The first kappa shape index (κ1) is 10.4. The van der Waals surface area contributed by atoms with E-state index in [-0.39, 0.29) is 5.91 Å². The number of primary amides is 1. The number of carbonyl (C=O) groups excluding carboxylic acids is 1. The van der Waals surface area contributed by atoms with Crippen molar-refractivity contribution in [2.45, 2.75) is 18.9 Å². The molecule has 0 saturated carbocycles. The van der Waals surface area contributed by atoms with Gasteiger partial charge in [0.1, 0.15) is 5.54 Å². The van der Waals surface area contributed by atoms with Gasteiger partial charge in [0.05, 0.1) is 6.61 Å². The third-order valence-electron chi connectivity index (χ3n) is 1.94. The number of hydrogen-bond donors (Lipinski definition) is 2. The molecule has 1 atom stereocenters. The number of likely N-dealkylation sites (N-methyl/N-ethyl adjacent to an activating group) is 1. The van der Waals surface area contributed by atoms with Crippen LogP contribution in [0.4, 0.5) is 0 Å². The van der Waals surface area contributed by atoms with Crippen molar-refractivity contribution >= 4 is 5.91 Å². The summed E-state index contributed by atoms with van der Waals surface area (Å²) in [6, 6.07) is 0. The van der Waals surface area contributed by atoms with Gasteiger partial charge in [0.15, 0.2) is 0 Å². The Morgan fingerprint density at radius 2 is 2.27 bits per heavy atom. The van der Waals surface area contributed by atoms with E-state index in [1.54, 1.807) is 14.2 Å². The lowest BCUT2D eigenvalue weighted by Gasteiger charge is -2.27. The quantitative estimate of drug-likeness (QED) is 0.569. The van der Waals surface area contributed by atoms with Gasteiger partial charge in [-0.2, -0.15) is 0 Å². The lowest BCUT2D eigenvalue weighted by Crippen LogP contribution is -2.56. The number of carbonyl (C=O) groups is 1. The van der Waals surface area contributed by atoms with Crippen LogP contribution in [0.15, 0.2) is 0 Å². The van der Waals surface area contributed by atoms with E-state index in [9.17, 15) is 4.79 Å². The van der Waals surface area contributed by atoms with Gasteiger partial charge in [-0.1, -0.05) is 6.92 Å². The lowest BCUT2D eigenvalue weighted by atomic mass is 9.97.